The van der Waals surface area contributed by atoms with Crippen molar-refractivity contribution in [1.82, 2.24) is 19.9 Å². The maximum absolute atomic E-state index is 12.5. The molecule has 2 heterocycles. The average molecular weight is 341 g/mol. The molecule has 0 saturated carbocycles. The minimum atomic E-state index is -0.0573. The van der Waals surface area contributed by atoms with Gasteiger partial charge in [-0.05, 0) is 37.0 Å². The van der Waals surface area contributed by atoms with Crippen LogP contribution >= 0.6 is 0 Å². The van der Waals surface area contributed by atoms with Crippen LogP contribution in [0.25, 0.3) is 0 Å². The largest absolute Gasteiger partial charge is 0.341 e. The molecule has 0 radical (unpaired) electrons. The minimum Gasteiger partial charge on any atom is -0.341 e. The molecule has 1 amide bonds. The molecular weight excluding hydrogens is 314 g/mol. The number of carbonyl (C=O) groups is 1. The Morgan fingerprint density at radius 3 is 2.16 bits per heavy atom. The molecule has 6 nitrogen and oxygen atoms in total. The van der Waals surface area contributed by atoms with Gasteiger partial charge < -0.3 is 9.80 Å². The van der Waals surface area contributed by atoms with E-state index in [9.17, 15) is 4.79 Å². The molecule has 25 heavy (non-hydrogen) atoms. The van der Waals surface area contributed by atoms with Crippen molar-refractivity contribution in [3.05, 3.63) is 48.0 Å². The first-order valence-electron chi connectivity index (χ1n) is 8.87. The second kappa shape index (κ2) is 9.71. The standard InChI is InChI=1S/C19H27N5O/c1-4-11-24(12-5-2)19-21-14-17(15-22-19)18(25)23(3)13-8-16-6-9-20-10-7-16/h6-7,9-10,14-15H,4-5,8,11-13H2,1-3H3. The van der Waals surface area contributed by atoms with Gasteiger partial charge in [0.05, 0.1) is 5.56 Å². The second-order valence-corrected chi connectivity index (χ2v) is 6.09. The summed E-state index contributed by atoms with van der Waals surface area (Å²) in [6.45, 7) is 6.76. The minimum absolute atomic E-state index is 0.0573. The molecule has 0 aliphatic rings. The van der Waals surface area contributed by atoms with E-state index in [1.807, 2.05) is 12.1 Å². The first kappa shape index (κ1) is 18.8. The third kappa shape index (κ3) is 5.52. The van der Waals surface area contributed by atoms with Crippen LogP contribution in [0.2, 0.25) is 0 Å². The van der Waals surface area contributed by atoms with Crippen LogP contribution in [0.3, 0.4) is 0 Å². The summed E-state index contributed by atoms with van der Waals surface area (Å²) in [5.74, 6) is 0.637. The van der Waals surface area contributed by atoms with Gasteiger partial charge in [-0.2, -0.15) is 0 Å². The molecule has 0 aliphatic heterocycles. The van der Waals surface area contributed by atoms with Crippen LogP contribution < -0.4 is 4.90 Å². The SMILES string of the molecule is CCCN(CCC)c1ncc(C(=O)N(C)CCc2ccncc2)cn1. The third-order valence-corrected chi connectivity index (χ3v) is 3.99. The van der Waals surface area contributed by atoms with Crippen molar-refractivity contribution >= 4 is 11.9 Å². The Kier molecular flexibility index (Phi) is 7.32. The van der Waals surface area contributed by atoms with Crippen LogP contribution in [0.15, 0.2) is 36.9 Å². The average Bonchev–Trinajstić information content (AvgIpc) is 2.66. The van der Waals surface area contributed by atoms with E-state index in [0.29, 0.717) is 18.1 Å². The Balaban J connectivity index is 1.96. The van der Waals surface area contributed by atoms with Gasteiger partial charge in [-0.15, -0.1) is 0 Å². The van der Waals surface area contributed by atoms with Crippen molar-refractivity contribution in [2.75, 3.05) is 31.6 Å². The quantitative estimate of drug-likeness (QED) is 0.702. The molecule has 0 fully saturated rings. The van der Waals surface area contributed by atoms with E-state index in [1.165, 1.54) is 0 Å². The van der Waals surface area contributed by atoms with Gasteiger partial charge in [0, 0.05) is 51.5 Å². The van der Waals surface area contributed by atoms with Crippen LogP contribution in [0.4, 0.5) is 5.95 Å². The summed E-state index contributed by atoms with van der Waals surface area (Å²) in [5, 5.41) is 0. The van der Waals surface area contributed by atoms with Crippen LogP contribution in [0.5, 0.6) is 0 Å². The summed E-state index contributed by atoms with van der Waals surface area (Å²) in [7, 11) is 1.80. The number of pyridine rings is 1. The molecule has 0 aromatic carbocycles. The molecule has 6 heteroatoms. The Morgan fingerprint density at radius 2 is 1.60 bits per heavy atom. The van der Waals surface area contributed by atoms with Gasteiger partial charge in [0.25, 0.3) is 5.91 Å². The molecule has 0 saturated heterocycles. The summed E-state index contributed by atoms with van der Waals surface area (Å²) in [6.07, 6.45) is 9.68. The summed E-state index contributed by atoms with van der Waals surface area (Å²) < 4.78 is 0. The topological polar surface area (TPSA) is 62.2 Å². The fourth-order valence-corrected chi connectivity index (χ4v) is 2.61. The van der Waals surface area contributed by atoms with Crippen LogP contribution in [0.1, 0.15) is 42.6 Å². The maximum atomic E-state index is 12.5. The van der Waals surface area contributed by atoms with Crippen LogP contribution in [-0.2, 0) is 6.42 Å². The van der Waals surface area contributed by atoms with E-state index < -0.39 is 0 Å². The molecule has 2 rings (SSSR count). The Hall–Kier alpha value is -2.50. The van der Waals surface area contributed by atoms with E-state index in [4.69, 9.17) is 0 Å². The van der Waals surface area contributed by atoms with Gasteiger partial charge in [0.1, 0.15) is 0 Å². The molecule has 0 bridgehead atoms. The molecule has 134 valence electrons. The van der Waals surface area contributed by atoms with Gasteiger partial charge in [0.2, 0.25) is 5.95 Å². The zero-order valence-corrected chi connectivity index (χ0v) is 15.4. The first-order chi connectivity index (χ1) is 12.2. The summed E-state index contributed by atoms with van der Waals surface area (Å²) in [5.41, 5.74) is 1.69. The Morgan fingerprint density at radius 1 is 1.00 bits per heavy atom. The number of anilines is 1. The molecule has 2 aromatic heterocycles. The zero-order chi connectivity index (χ0) is 18.1. The number of hydrogen-bond acceptors (Lipinski definition) is 5. The lowest BCUT2D eigenvalue weighted by atomic mass is 10.2. The molecule has 2 aromatic rings. The summed E-state index contributed by atoms with van der Waals surface area (Å²) >= 11 is 0. The highest BCUT2D eigenvalue weighted by atomic mass is 16.2. The molecule has 0 atom stereocenters. The van der Waals surface area contributed by atoms with Gasteiger partial charge in [-0.3, -0.25) is 9.78 Å². The molecule has 0 aliphatic carbocycles. The number of aromatic nitrogens is 3. The van der Waals surface area contributed by atoms with Gasteiger partial charge >= 0.3 is 0 Å². The van der Waals surface area contributed by atoms with Crippen molar-refractivity contribution in [1.29, 1.82) is 0 Å². The predicted molar refractivity (Wildman–Crippen MR) is 99.7 cm³/mol. The number of amides is 1. The second-order valence-electron chi connectivity index (χ2n) is 6.09. The van der Waals surface area contributed by atoms with Crippen molar-refractivity contribution in [3.8, 4) is 0 Å². The highest BCUT2D eigenvalue weighted by Gasteiger charge is 2.14. The van der Waals surface area contributed by atoms with Crippen molar-refractivity contribution in [3.63, 3.8) is 0 Å². The van der Waals surface area contributed by atoms with Gasteiger partial charge in [-0.1, -0.05) is 13.8 Å². The van der Waals surface area contributed by atoms with Crippen molar-refractivity contribution in [2.45, 2.75) is 33.1 Å². The van der Waals surface area contributed by atoms with Crippen LogP contribution in [0, 0.1) is 0 Å². The highest BCUT2D eigenvalue weighted by Crippen LogP contribution is 2.10. The summed E-state index contributed by atoms with van der Waals surface area (Å²) in [4.78, 5) is 29.2. The van der Waals surface area contributed by atoms with Crippen molar-refractivity contribution < 1.29 is 4.79 Å². The van der Waals surface area contributed by atoms with Crippen LogP contribution in [-0.4, -0.2) is 52.4 Å². The third-order valence-electron chi connectivity index (χ3n) is 3.99. The normalized spacial score (nSPS) is 10.5. The van der Waals surface area contributed by atoms with Crippen molar-refractivity contribution in [2.24, 2.45) is 0 Å². The lowest BCUT2D eigenvalue weighted by Gasteiger charge is -2.21. The van der Waals surface area contributed by atoms with E-state index in [-0.39, 0.29) is 5.91 Å². The number of carbonyl (C=O) groups excluding carboxylic acids is 1. The number of hydrogen-bond donors (Lipinski definition) is 0. The lowest BCUT2D eigenvalue weighted by molar-refractivity contribution is 0.0796. The fraction of sp³-hybridized carbons (Fsp3) is 0.474. The smallest absolute Gasteiger partial charge is 0.256 e. The zero-order valence-electron chi connectivity index (χ0n) is 15.4. The number of nitrogens with zero attached hydrogens (tertiary/aromatic N) is 5. The molecular formula is C19H27N5O. The van der Waals surface area contributed by atoms with Gasteiger partial charge in [-0.25, -0.2) is 9.97 Å². The Labute approximate surface area is 149 Å². The van der Waals surface area contributed by atoms with E-state index >= 15 is 0 Å². The van der Waals surface area contributed by atoms with E-state index in [0.717, 1.165) is 37.9 Å². The first-order valence-corrected chi connectivity index (χ1v) is 8.87. The molecule has 0 spiro atoms. The molecule has 0 N–H and O–H groups in total. The number of rotatable bonds is 9. The highest BCUT2D eigenvalue weighted by molar-refractivity contribution is 5.93. The number of likely N-dealkylation sites (N-methyl/N-ethyl adjacent to an activating group) is 1. The molecule has 0 unspecified atom stereocenters. The summed E-state index contributed by atoms with van der Waals surface area (Å²) in [6, 6.07) is 3.93. The lowest BCUT2D eigenvalue weighted by Crippen LogP contribution is -2.30. The van der Waals surface area contributed by atoms with E-state index in [2.05, 4.69) is 33.7 Å². The Bertz CT molecular complexity index is 639. The maximum Gasteiger partial charge on any atom is 0.256 e. The van der Waals surface area contributed by atoms with E-state index in [1.54, 1.807) is 36.7 Å². The monoisotopic (exact) mass is 341 g/mol. The fourth-order valence-electron chi connectivity index (χ4n) is 2.61. The van der Waals surface area contributed by atoms with Gasteiger partial charge in [0.15, 0.2) is 0 Å². The predicted octanol–water partition coefficient (Wildman–Crippen LogP) is 2.81.